The molecule has 3 heterocycles. The Morgan fingerprint density at radius 1 is 1.00 bits per heavy atom. The van der Waals surface area contributed by atoms with Crippen molar-refractivity contribution in [1.82, 2.24) is 15.1 Å². The predicted octanol–water partition coefficient (Wildman–Crippen LogP) is 4.10. The standard InChI is InChI=1S/C31H34AsF2N5O2/c1-38-8-10-39(11-9-38)25-3-4-26(28(19-25)32-22-6-12-41-13-7-22)31(40)35-30-27-17-20(2-5-29(27)36-37-30)14-21-15-23(33)18-24(34)16-21/h2-5,15-19,22,32H,6-14H2,1H3,(H2,35,36,37,40). The van der Waals surface area contributed by atoms with Crippen LogP contribution in [0.4, 0.5) is 20.3 Å². The molecule has 2 fully saturated rings. The monoisotopic (exact) mass is 621 g/mol. The molecular formula is C31H34AsF2N5O2. The summed E-state index contributed by atoms with van der Waals surface area (Å²) in [4.78, 5) is 18.5. The number of nitrogens with zero attached hydrogens (tertiary/aromatic N) is 3. The first-order chi connectivity index (χ1) is 19.9. The average Bonchev–Trinajstić information content (AvgIpc) is 3.35. The van der Waals surface area contributed by atoms with Crippen LogP contribution in [0.25, 0.3) is 10.9 Å². The van der Waals surface area contributed by atoms with Crippen molar-refractivity contribution in [3.05, 3.63) is 82.9 Å². The van der Waals surface area contributed by atoms with Gasteiger partial charge in [0.1, 0.15) is 0 Å². The molecule has 6 rings (SSSR count). The third-order valence-corrected chi connectivity index (χ3v) is 11.5. The first kappa shape index (κ1) is 27.9. The van der Waals surface area contributed by atoms with Crippen molar-refractivity contribution in [3.8, 4) is 0 Å². The Hall–Kier alpha value is -3.26. The summed E-state index contributed by atoms with van der Waals surface area (Å²) < 4.78 is 34.8. The van der Waals surface area contributed by atoms with E-state index in [1.54, 1.807) is 0 Å². The number of H-pyrrole nitrogens is 1. The molecule has 1 atom stereocenters. The number of hydrogen-bond donors (Lipinski definition) is 2. The number of carbonyl (C=O) groups excluding carboxylic acids is 1. The van der Waals surface area contributed by atoms with Crippen molar-refractivity contribution in [1.29, 1.82) is 0 Å². The molecule has 2 aliphatic heterocycles. The van der Waals surface area contributed by atoms with Crippen LogP contribution in [0.5, 0.6) is 0 Å². The van der Waals surface area contributed by atoms with Crippen LogP contribution in [0.2, 0.25) is 4.71 Å². The van der Waals surface area contributed by atoms with E-state index in [4.69, 9.17) is 4.74 Å². The molecule has 7 nitrogen and oxygen atoms in total. The van der Waals surface area contributed by atoms with E-state index in [0.717, 1.165) is 74.8 Å². The minimum absolute atomic E-state index is 0.174. The number of ether oxygens (including phenoxy) is 1. The number of rotatable bonds is 7. The molecule has 0 aliphatic carbocycles. The number of aromatic amines is 1. The van der Waals surface area contributed by atoms with E-state index in [-0.39, 0.29) is 5.91 Å². The molecular weight excluding hydrogens is 587 g/mol. The number of carbonyl (C=O) groups is 1. The second-order valence-corrected chi connectivity index (χ2v) is 14.4. The second-order valence-electron chi connectivity index (χ2n) is 10.9. The summed E-state index contributed by atoms with van der Waals surface area (Å²) in [5.41, 5.74) is 4.07. The number of nitrogens with one attached hydrogen (secondary N) is 2. The Bertz CT molecular complexity index is 1530. The molecule has 214 valence electrons. The van der Waals surface area contributed by atoms with E-state index in [9.17, 15) is 13.6 Å². The number of aromatic nitrogens is 2. The third-order valence-electron chi connectivity index (χ3n) is 7.89. The maximum absolute atomic E-state index is 13.7. The Balaban J connectivity index is 1.25. The average molecular weight is 622 g/mol. The molecule has 41 heavy (non-hydrogen) atoms. The fourth-order valence-corrected chi connectivity index (χ4v) is 8.81. The van der Waals surface area contributed by atoms with Crippen molar-refractivity contribution in [2.24, 2.45) is 0 Å². The maximum atomic E-state index is 13.7. The van der Waals surface area contributed by atoms with Crippen LogP contribution in [-0.4, -0.2) is 83.2 Å². The van der Waals surface area contributed by atoms with Crippen LogP contribution in [0.3, 0.4) is 0 Å². The first-order valence-electron chi connectivity index (χ1n) is 14.1. The first-order valence-corrected chi connectivity index (χ1v) is 16.3. The van der Waals surface area contributed by atoms with Gasteiger partial charge in [0.05, 0.1) is 0 Å². The molecule has 2 saturated heterocycles. The van der Waals surface area contributed by atoms with Crippen LogP contribution in [0, 0.1) is 11.6 Å². The Labute approximate surface area is 244 Å². The Kier molecular flexibility index (Phi) is 8.37. The van der Waals surface area contributed by atoms with Crippen LogP contribution in [-0.2, 0) is 11.2 Å². The predicted molar refractivity (Wildman–Crippen MR) is 160 cm³/mol. The Morgan fingerprint density at radius 2 is 1.76 bits per heavy atom. The van der Waals surface area contributed by atoms with Crippen LogP contribution in [0.1, 0.15) is 34.3 Å². The van der Waals surface area contributed by atoms with E-state index in [0.29, 0.717) is 28.1 Å². The summed E-state index contributed by atoms with van der Waals surface area (Å²) in [5, 5.41) is 11.2. The van der Waals surface area contributed by atoms with Gasteiger partial charge in [-0.05, 0) is 0 Å². The number of benzene rings is 3. The molecule has 2 aliphatic rings. The number of anilines is 2. The van der Waals surface area contributed by atoms with Gasteiger partial charge in [0.15, 0.2) is 0 Å². The normalized spacial score (nSPS) is 17.1. The topological polar surface area (TPSA) is 73.5 Å². The summed E-state index contributed by atoms with van der Waals surface area (Å²) in [6, 6.07) is 15.5. The zero-order valence-electron chi connectivity index (χ0n) is 23.1. The zero-order valence-corrected chi connectivity index (χ0v) is 25.1. The molecule has 1 amide bonds. The summed E-state index contributed by atoms with van der Waals surface area (Å²) in [6.45, 7) is 5.58. The number of halogens is 2. The third kappa shape index (κ3) is 6.64. The molecule has 4 aromatic rings. The van der Waals surface area contributed by atoms with Crippen molar-refractivity contribution < 1.29 is 18.3 Å². The van der Waals surface area contributed by atoms with E-state index >= 15 is 0 Å². The number of likely N-dealkylation sites (N-methyl/N-ethyl adjacent to an activating group) is 1. The number of hydrogen-bond acceptors (Lipinski definition) is 5. The Morgan fingerprint density at radius 3 is 2.51 bits per heavy atom. The summed E-state index contributed by atoms with van der Waals surface area (Å²) >= 11 is -0.573. The van der Waals surface area contributed by atoms with Gasteiger partial charge in [-0.15, -0.1) is 0 Å². The van der Waals surface area contributed by atoms with Gasteiger partial charge in [-0.2, -0.15) is 0 Å². The molecule has 0 saturated carbocycles. The molecule has 1 unspecified atom stereocenters. The number of piperazine rings is 1. The van der Waals surface area contributed by atoms with Gasteiger partial charge in [0, 0.05) is 6.07 Å². The van der Waals surface area contributed by atoms with Gasteiger partial charge in [0.2, 0.25) is 0 Å². The van der Waals surface area contributed by atoms with E-state index in [1.807, 2.05) is 24.3 Å². The number of fused-ring (bicyclic) bond motifs is 1. The fourth-order valence-electron chi connectivity index (χ4n) is 5.56. The van der Waals surface area contributed by atoms with Gasteiger partial charge in [-0.3, -0.25) is 0 Å². The summed E-state index contributed by atoms with van der Waals surface area (Å²) in [6.07, 6.45) is 2.45. The molecule has 2 N–H and O–H groups in total. The molecule has 0 spiro atoms. The van der Waals surface area contributed by atoms with Crippen molar-refractivity contribution >= 4 is 48.4 Å². The summed E-state index contributed by atoms with van der Waals surface area (Å²) in [5.74, 6) is -0.935. The fraction of sp³-hybridized carbons (Fsp3) is 0.355. The van der Waals surface area contributed by atoms with Crippen LogP contribution in [0.15, 0.2) is 54.6 Å². The zero-order chi connectivity index (χ0) is 28.3. The van der Waals surface area contributed by atoms with Gasteiger partial charge >= 0.3 is 231 Å². The molecule has 1 aromatic heterocycles. The van der Waals surface area contributed by atoms with Crippen LogP contribution >= 0.6 is 0 Å². The van der Waals surface area contributed by atoms with Gasteiger partial charge in [0.25, 0.3) is 0 Å². The molecule has 0 bridgehead atoms. The molecule has 0 radical (unpaired) electrons. The van der Waals surface area contributed by atoms with E-state index < -0.39 is 27.4 Å². The second kappa shape index (κ2) is 12.3. The van der Waals surface area contributed by atoms with Gasteiger partial charge in [-0.25, -0.2) is 8.78 Å². The van der Waals surface area contributed by atoms with Crippen molar-refractivity contribution in [2.45, 2.75) is 24.0 Å². The minimum atomic E-state index is -0.601. The van der Waals surface area contributed by atoms with Crippen LogP contribution < -0.4 is 14.6 Å². The van der Waals surface area contributed by atoms with Gasteiger partial charge in [-0.1, -0.05) is 0 Å². The van der Waals surface area contributed by atoms with E-state index in [1.165, 1.54) is 22.2 Å². The summed E-state index contributed by atoms with van der Waals surface area (Å²) in [7, 11) is 2.15. The molecule has 10 heteroatoms. The van der Waals surface area contributed by atoms with Crippen molar-refractivity contribution in [3.63, 3.8) is 0 Å². The molecule has 3 aromatic carbocycles. The van der Waals surface area contributed by atoms with Crippen molar-refractivity contribution in [2.75, 3.05) is 56.7 Å². The SMILES string of the molecule is CN1CCN(c2ccc(C(=O)Nc3n[nH]c4ccc(Cc5cc(F)cc(F)c5)cc34)c([AsH]C3CCOCC3)c2)CC1. The van der Waals surface area contributed by atoms with E-state index in [2.05, 4.69) is 44.5 Å². The number of amides is 1. The van der Waals surface area contributed by atoms with Gasteiger partial charge < -0.3 is 0 Å². The quantitative estimate of drug-likeness (QED) is 0.305.